The van der Waals surface area contributed by atoms with Gasteiger partial charge in [0.2, 0.25) is 0 Å². The first-order valence-electron chi connectivity index (χ1n) is 7.88. The molecule has 0 fully saturated rings. The number of rotatable bonds is 6. The summed E-state index contributed by atoms with van der Waals surface area (Å²) in [5.74, 6) is 0.582. The van der Waals surface area contributed by atoms with Crippen LogP contribution in [0.25, 0.3) is 10.2 Å². The second-order valence-electron chi connectivity index (χ2n) is 6.47. The minimum absolute atomic E-state index is 0.351. The summed E-state index contributed by atoms with van der Waals surface area (Å²) >= 11 is 3.33. The molecule has 26 heavy (non-hydrogen) atoms. The molecule has 0 saturated heterocycles. The van der Waals surface area contributed by atoms with Gasteiger partial charge in [0, 0.05) is 0 Å². The average molecular weight is 602 g/mol. The Hall–Kier alpha value is -0.288. The van der Waals surface area contributed by atoms with Crippen LogP contribution in [-0.4, -0.2) is 45.7 Å². The molecule has 9 heteroatoms. The Morgan fingerprint density at radius 3 is 2.38 bits per heavy atom. The number of para-hydroxylation sites is 2. The summed E-state index contributed by atoms with van der Waals surface area (Å²) in [6.45, 7) is 6.06. The molecule has 0 aliphatic rings. The molecule has 135 valence electrons. The molecule has 1 unspecified atom stereocenters. The van der Waals surface area contributed by atoms with Crippen LogP contribution in [0.3, 0.4) is 0 Å². The predicted octanol–water partition coefficient (Wildman–Crippen LogP) is 5.25. The number of hydrogen-bond donors (Lipinski definition) is 1. The third-order valence-electron chi connectivity index (χ3n) is 3.33. The second-order valence-corrected chi connectivity index (χ2v) is 12.8. The Morgan fingerprint density at radius 2 is 1.77 bits per heavy atom. The Balaban J connectivity index is 1.93. The van der Waals surface area contributed by atoms with Gasteiger partial charge >= 0.3 is 180 Å². The van der Waals surface area contributed by atoms with E-state index in [0.717, 1.165) is 14.6 Å². The third kappa shape index (κ3) is 4.76. The normalized spacial score (nSPS) is 14.5. The molecule has 2 aromatic carbocycles. The molecule has 1 N–H and O–H groups in total. The number of benzene rings is 2. The summed E-state index contributed by atoms with van der Waals surface area (Å²) in [4.78, 5) is 16.0. The van der Waals surface area contributed by atoms with Crippen molar-refractivity contribution < 1.29 is 11.9 Å². The number of nitrogens with zero attached hydrogens (tertiary/aromatic N) is 2. The SMILES string of the molecule is CC(C)(C)N(Sc1nc2ccccc2s1)[P+](O)([O][Pb])Oc1ccccc1. The van der Waals surface area contributed by atoms with Crippen LogP contribution >= 0.6 is 31.4 Å². The monoisotopic (exact) mass is 602 g/mol. The molecule has 0 aliphatic heterocycles. The van der Waals surface area contributed by atoms with Gasteiger partial charge in [-0.2, -0.15) is 0 Å². The molecule has 1 atom stereocenters. The maximum absolute atomic E-state index is 11.3. The summed E-state index contributed by atoms with van der Waals surface area (Å²) < 4.78 is 15.4. The van der Waals surface area contributed by atoms with Gasteiger partial charge in [0.1, 0.15) is 0 Å². The van der Waals surface area contributed by atoms with Gasteiger partial charge in [-0.25, -0.2) is 0 Å². The number of fused-ring (bicyclic) bond motifs is 1. The van der Waals surface area contributed by atoms with Crippen molar-refractivity contribution in [3.63, 3.8) is 0 Å². The quantitative estimate of drug-likeness (QED) is 0.237. The van der Waals surface area contributed by atoms with Crippen molar-refractivity contribution in [3.05, 3.63) is 54.6 Å². The molecular weight excluding hydrogens is 583 g/mol. The summed E-state index contributed by atoms with van der Waals surface area (Å²) in [6.07, 6.45) is 0. The average Bonchev–Trinajstić information content (AvgIpc) is 3.02. The molecule has 0 spiro atoms. The van der Waals surface area contributed by atoms with Crippen molar-refractivity contribution in [2.45, 2.75) is 30.6 Å². The second kappa shape index (κ2) is 8.38. The van der Waals surface area contributed by atoms with E-state index in [2.05, 4.69) is 4.98 Å². The van der Waals surface area contributed by atoms with Gasteiger partial charge in [0.05, 0.1) is 0 Å². The topological polar surface area (TPSA) is 54.8 Å². The van der Waals surface area contributed by atoms with Gasteiger partial charge in [0.15, 0.2) is 0 Å². The molecule has 0 aliphatic carbocycles. The summed E-state index contributed by atoms with van der Waals surface area (Å²) in [5, 5.41) is 0. The Morgan fingerprint density at radius 1 is 1.12 bits per heavy atom. The number of aromatic nitrogens is 1. The van der Waals surface area contributed by atoms with Crippen LogP contribution in [-0.2, 0) is 2.47 Å². The van der Waals surface area contributed by atoms with E-state index in [1.807, 2.05) is 79.4 Å². The van der Waals surface area contributed by atoms with E-state index in [9.17, 15) is 4.89 Å². The van der Waals surface area contributed by atoms with Crippen LogP contribution in [0.5, 0.6) is 5.75 Å². The van der Waals surface area contributed by atoms with E-state index in [1.54, 1.807) is 11.3 Å². The predicted molar refractivity (Wildman–Crippen MR) is 110 cm³/mol. The standard InChI is InChI=1S/C17H19N2O3PS2.Pb/c1-17(2,3)19(23(20,21)22-13-9-5-4-6-10-13)25-16-18-14-11-7-8-12-15(14)24-16;/h4-12H,1-3H3,(H,20,21);/q;+1. The fourth-order valence-corrected chi connectivity index (χ4v) is 8.57. The van der Waals surface area contributed by atoms with Gasteiger partial charge in [-0.15, -0.1) is 0 Å². The molecule has 3 aromatic rings. The first kappa shape index (κ1) is 20.4. The van der Waals surface area contributed by atoms with E-state index in [-0.39, 0.29) is 0 Å². The van der Waals surface area contributed by atoms with Crippen molar-refractivity contribution in [1.82, 2.24) is 9.06 Å². The molecule has 5 nitrogen and oxygen atoms in total. The Labute approximate surface area is 178 Å². The molecular formula is C17H19N2O3PPbS2+. The molecule has 1 aromatic heterocycles. The van der Waals surface area contributed by atoms with Crippen LogP contribution < -0.4 is 4.52 Å². The van der Waals surface area contributed by atoms with E-state index in [4.69, 9.17) is 7.00 Å². The van der Waals surface area contributed by atoms with Crippen molar-refractivity contribution in [3.8, 4) is 5.75 Å². The zero-order valence-corrected chi connectivity index (χ0v) is 21.0. The number of thiazole rings is 1. The van der Waals surface area contributed by atoms with Crippen molar-refractivity contribution in [2.75, 3.05) is 0 Å². The zero-order valence-electron chi connectivity index (χ0n) is 14.6. The van der Waals surface area contributed by atoms with Crippen molar-refractivity contribution in [2.24, 2.45) is 0 Å². The van der Waals surface area contributed by atoms with Gasteiger partial charge in [0.25, 0.3) is 0 Å². The molecule has 0 amide bonds. The first-order valence-corrected chi connectivity index (χ1v) is 12.6. The van der Waals surface area contributed by atoms with Crippen LogP contribution in [0.2, 0.25) is 0 Å². The van der Waals surface area contributed by atoms with Crippen LogP contribution in [0, 0.1) is 0 Å². The molecule has 0 bridgehead atoms. The van der Waals surface area contributed by atoms with Gasteiger partial charge in [-0.1, -0.05) is 0 Å². The van der Waals surface area contributed by atoms with Gasteiger partial charge < -0.3 is 0 Å². The van der Waals surface area contributed by atoms with E-state index < -0.39 is 13.6 Å². The fourth-order valence-electron chi connectivity index (χ4n) is 2.24. The first-order chi connectivity index (χ1) is 12.3. The molecule has 1 heterocycles. The molecule has 3 rings (SSSR count). The summed E-state index contributed by atoms with van der Waals surface area (Å²) in [7, 11) is -3.29. The van der Waals surface area contributed by atoms with Crippen LogP contribution in [0.1, 0.15) is 20.8 Å². The summed E-state index contributed by atoms with van der Waals surface area (Å²) in [5.41, 5.74) is 0.552. The zero-order chi connectivity index (χ0) is 18.8. The van der Waals surface area contributed by atoms with Crippen molar-refractivity contribution >= 4 is 67.8 Å². The van der Waals surface area contributed by atoms with Gasteiger partial charge in [-0.3, -0.25) is 0 Å². The maximum atomic E-state index is 11.3. The van der Waals surface area contributed by atoms with E-state index >= 15 is 0 Å². The fraction of sp³-hybridized carbons (Fsp3) is 0.235. The minimum atomic E-state index is -3.29. The van der Waals surface area contributed by atoms with E-state index in [1.165, 1.54) is 11.9 Å². The van der Waals surface area contributed by atoms with E-state index in [0.29, 0.717) is 32.0 Å². The van der Waals surface area contributed by atoms with Crippen molar-refractivity contribution in [1.29, 1.82) is 0 Å². The number of hydrogen-bond acceptors (Lipinski definition) is 7. The molecule has 0 saturated carbocycles. The van der Waals surface area contributed by atoms with Crippen LogP contribution in [0.4, 0.5) is 0 Å². The van der Waals surface area contributed by atoms with Gasteiger partial charge in [-0.05, 0) is 0 Å². The molecule has 3 radical (unpaired) electrons. The Kier molecular flexibility index (Phi) is 6.59. The van der Waals surface area contributed by atoms with Crippen LogP contribution in [0.15, 0.2) is 58.9 Å². The Bertz CT molecular complexity index is 842. The summed E-state index contributed by atoms with van der Waals surface area (Å²) in [6, 6.07) is 17.3. The third-order valence-corrected chi connectivity index (χ3v) is 11.0.